The molecule has 1 aromatic carbocycles. The Labute approximate surface area is 122 Å². The monoisotopic (exact) mass is 426 g/mol. The van der Waals surface area contributed by atoms with E-state index in [1.165, 1.54) is 6.07 Å². The lowest BCUT2D eigenvalue weighted by atomic mass is 10.1. The Hall–Kier alpha value is 0.290. The van der Waals surface area contributed by atoms with Crippen LogP contribution in [-0.4, -0.2) is 0 Å². The van der Waals surface area contributed by atoms with Crippen LogP contribution in [-0.2, 0) is 0 Å². The van der Waals surface area contributed by atoms with Crippen LogP contribution in [0.5, 0.6) is 0 Å². The summed E-state index contributed by atoms with van der Waals surface area (Å²) in [6, 6.07) is 8.78. The zero-order valence-electron chi connectivity index (χ0n) is 7.88. The van der Waals surface area contributed by atoms with Gasteiger partial charge in [0, 0.05) is 14.9 Å². The molecule has 0 N–H and O–H groups in total. The number of rotatable bonds is 2. The van der Waals surface area contributed by atoms with Crippen molar-refractivity contribution in [2.45, 2.75) is 4.83 Å². The molecular formula is C11H6Br3FS. The second kappa shape index (κ2) is 5.29. The van der Waals surface area contributed by atoms with Gasteiger partial charge < -0.3 is 0 Å². The number of hydrogen-bond donors (Lipinski definition) is 0. The molecule has 0 nitrogen and oxygen atoms in total. The van der Waals surface area contributed by atoms with E-state index in [2.05, 4.69) is 47.8 Å². The second-order valence-corrected chi connectivity index (χ2v) is 7.33. The maximum absolute atomic E-state index is 13.6. The third-order valence-corrected chi connectivity index (χ3v) is 6.70. The lowest BCUT2D eigenvalue weighted by molar-refractivity contribution is 0.614. The van der Waals surface area contributed by atoms with E-state index in [0.717, 1.165) is 13.1 Å². The first kappa shape index (κ1) is 12.7. The van der Waals surface area contributed by atoms with Crippen LogP contribution in [0.15, 0.2) is 38.6 Å². The fourth-order valence-electron chi connectivity index (χ4n) is 1.32. The molecule has 0 bridgehead atoms. The number of alkyl halides is 1. The molecule has 1 atom stereocenters. The highest BCUT2D eigenvalue weighted by Gasteiger charge is 2.17. The maximum Gasteiger partial charge on any atom is 0.127 e. The van der Waals surface area contributed by atoms with Gasteiger partial charge in [-0.25, -0.2) is 4.39 Å². The van der Waals surface area contributed by atoms with Gasteiger partial charge >= 0.3 is 0 Å². The number of hydrogen-bond acceptors (Lipinski definition) is 1. The topological polar surface area (TPSA) is 0 Å². The van der Waals surface area contributed by atoms with Crippen LogP contribution in [0.3, 0.4) is 0 Å². The lowest BCUT2D eigenvalue weighted by Gasteiger charge is -2.08. The largest absolute Gasteiger partial charge is 0.207 e. The molecule has 1 aromatic heterocycles. The first-order valence-electron chi connectivity index (χ1n) is 4.43. The van der Waals surface area contributed by atoms with Crippen molar-refractivity contribution in [2.75, 3.05) is 0 Å². The van der Waals surface area contributed by atoms with Crippen LogP contribution in [0.2, 0.25) is 0 Å². The van der Waals surface area contributed by atoms with Crippen LogP contribution >= 0.6 is 59.1 Å². The zero-order chi connectivity index (χ0) is 11.7. The summed E-state index contributed by atoms with van der Waals surface area (Å²) >= 11 is 12.0. The lowest BCUT2D eigenvalue weighted by Crippen LogP contribution is -1.93. The van der Waals surface area contributed by atoms with Gasteiger partial charge in [-0.3, -0.25) is 0 Å². The minimum atomic E-state index is -0.190. The molecular weight excluding hydrogens is 423 g/mol. The molecule has 16 heavy (non-hydrogen) atoms. The van der Waals surface area contributed by atoms with Crippen molar-refractivity contribution in [3.8, 4) is 0 Å². The Kier molecular flexibility index (Phi) is 4.21. The quantitative estimate of drug-likeness (QED) is 0.522. The van der Waals surface area contributed by atoms with E-state index in [9.17, 15) is 4.39 Å². The van der Waals surface area contributed by atoms with Crippen molar-refractivity contribution in [2.24, 2.45) is 0 Å². The number of benzene rings is 1. The molecule has 0 aliphatic heterocycles. The van der Waals surface area contributed by atoms with Crippen molar-refractivity contribution < 1.29 is 4.39 Å². The Bertz CT molecular complexity index is 490. The fourth-order valence-corrected chi connectivity index (χ4v) is 4.19. The van der Waals surface area contributed by atoms with Gasteiger partial charge in [0.05, 0.1) is 8.61 Å². The predicted molar refractivity (Wildman–Crippen MR) is 76.9 cm³/mol. The molecule has 0 spiro atoms. The summed E-state index contributed by atoms with van der Waals surface area (Å²) in [4.78, 5) is 0.949. The summed E-state index contributed by atoms with van der Waals surface area (Å²) in [7, 11) is 0. The van der Waals surface area contributed by atoms with Crippen LogP contribution in [0.25, 0.3) is 0 Å². The molecule has 2 rings (SSSR count). The van der Waals surface area contributed by atoms with Crippen molar-refractivity contribution >= 4 is 59.1 Å². The van der Waals surface area contributed by atoms with Gasteiger partial charge in [0.2, 0.25) is 0 Å². The molecule has 0 fully saturated rings. The number of thiophene rings is 1. The summed E-state index contributed by atoms with van der Waals surface area (Å²) in [6.07, 6.45) is 0. The smallest absolute Gasteiger partial charge is 0.127 e. The van der Waals surface area contributed by atoms with E-state index in [1.54, 1.807) is 23.5 Å². The van der Waals surface area contributed by atoms with E-state index >= 15 is 0 Å². The highest BCUT2D eigenvalue weighted by atomic mass is 79.9. The Morgan fingerprint density at radius 2 is 1.88 bits per heavy atom. The van der Waals surface area contributed by atoms with Gasteiger partial charge in [-0.15, -0.1) is 11.3 Å². The molecule has 0 aliphatic rings. The molecule has 84 valence electrons. The van der Waals surface area contributed by atoms with Crippen molar-refractivity contribution in [1.29, 1.82) is 0 Å². The average Bonchev–Trinajstić information content (AvgIpc) is 2.59. The zero-order valence-corrected chi connectivity index (χ0v) is 13.5. The van der Waals surface area contributed by atoms with Crippen molar-refractivity contribution in [3.63, 3.8) is 0 Å². The third-order valence-electron chi connectivity index (χ3n) is 2.09. The van der Waals surface area contributed by atoms with E-state index < -0.39 is 0 Å². The fraction of sp³-hybridized carbons (Fsp3) is 0.0909. The van der Waals surface area contributed by atoms with Crippen LogP contribution in [0.1, 0.15) is 15.3 Å². The molecule has 5 heteroatoms. The van der Waals surface area contributed by atoms with Gasteiger partial charge in [0.1, 0.15) is 5.82 Å². The van der Waals surface area contributed by atoms with Crippen LogP contribution < -0.4 is 0 Å². The molecule has 0 aliphatic carbocycles. The van der Waals surface area contributed by atoms with Gasteiger partial charge in [-0.1, -0.05) is 34.1 Å². The number of halogens is 4. The van der Waals surface area contributed by atoms with Crippen LogP contribution in [0.4, 0.5) is 4.39 Å². The Morgan fingerprint density at radius 3 is 2.44 bits per heavy atom. The summed E-state index contributed by atoms with van der Waals surface area (Å²) in [6.45, 7) is 0. The Morgan fingerprint density at radius 1 is 1.19 bits per heavy atom. The van der Waals surface area contributed by atoms with Gasteiger partial charge in [-0.05, 0) is 44.0 Å². The first-order valence-corrected chi connectivity index (χ1v) is 7.74. The molecule has 0 saturated carbocycles. The van der Waals surface area contributed by atoms with Crippen molar-refractivity contribution in [3.05, 3.63) is 54.8 Å². The summed E-state index contributed by atoms with van der Waals surface area (Å²) in [5.41, 5.74) is 0.656. The summed E-state index contributed by atoms with van der Waals surface area (Å²) in [5, 5.41) is 0. The first-order chi connectivity index (χ1) is 7.59. The molecule has 0 saturated heterocycles. The normalized spacial score (nSPS) is 12.8. The van der Waals surface area contributed by atoms with Gasteiger partial charge in [-0.2, -0.15) is 0 Å². The standard InChI is InChI=1S/C11H6Br3FS/c12-7-5-9(16-11(7)14)10(13)6-3-1-2-4-8(6)15/h1-5,10H. The maximum atomic E-state index is 13.6. The molecule has 0 radical (unpaired) electrons. The molecule has 1 unspecified atom stereocenters. The highest BCUT2D eigenvalue weighted by Crippen LogP contribution is 2.41. The SMILES string of the molecule is Fc1ccccc1C(Br)c1cc(Br)c(Br)s1. The minimum Gasteiger partial charge on any atom is -0.207 e. The van der Waals surface area contributed by atoms with Crippen molar-refractivity contribution in [1.82, 2.24) is 0 Å². The highest BCUT2D eigenvalue weighted by molar-refractivity contribution is 9.13. The van der Waals surface area contributed by atoms with E-state index in [4.69, 9.17) is 0 Å². The third kappa shape index (κ3) is 2.58. The van der Waals surface area contributed by atoms with Gasteiger partial charge in [0.15, 0.2) is 0 Å². The second-order valence-electron chi connectivity index (χ2n) is 3.15. The predicted octanol–water partition coefficient (Wildman–Crippen LogP) is 5.90. The Balaban J connectivity index is 2.39. The summed E-state index contributed by atoms with van der Waals surface area (Å²) in [5.74, 6) is -0.190. The molecule has 0 amide bonds. The summed E-state index contributed by atoms with van der Waals surface area (Å²) < 4.78 is 15.6. The molecule has 1 heterocycles. The average molecular weight is 429 g/mol. The van der Waals surface area contributed by atoms with Gasteiger partial charge in [0.25, 0.3) is 0 Å². The minimum absolute atomic E-state index is 0.110. The van der Waals surface area contributed by atoms with Crippen LogP contribution in [0, 0.1) is 5.82 Å². The van der Waals surface area contributed by atoms with E-state index in [-0.39, 0.29) is 10.6 Å². The molecule has 2 aromatic rings. The van der Waals surface area contributed by atoms with E-state index in [0.29, 0.717) is 5.56 Å². The van der Waals surface area contributed by atoms with E-state index in [1.807, 2.05) is 12.1 Å².